The molecule has 1 amide bonds. The molecule has 0 aliphatic carbocycles. The number of thiazole rings is 1. The lowest BCUT2D eigenvalue weighted by Crippen LogP contribution is -2.24. The van der Waals surface area contributed by atoms with Crippen LogP contribution in [0, 0.1) is 5.92 Å². The molecular weight excluding hydrogens is 374 g/mol. The SMILES string of the molecule is CCCc1[nH]n(-c2nc3ccccc3s2)c(=O)c1C(C)=NNC(=O)CC(C)C. The van der Waals surface area contributed by atoms with Gasteiger partial charge in [0.25, 0.3) is 5.56 Å². The third kappa shape index (κ3) is 4.22. The standard InChI is InChI=1S/C20H25N5O2S/c1-5-8-15-18(13(4)22-23-17(26)11-12(2)3)19(27)25(24-15)20-21-14-9-6-7-10-16(14)28-20/h6-7,9-10,12,24H,5,8,11H2,1-4H3,(H,23,26). The molecule has 0 aliphatic rings. The molecule has 0 unspecified atom stereocenters. The smallest absolute Gasteiger partial charge is 0.282 e. The Hall–Kier alpha value is -2.74. The van der Waals surface area contributed by atoms with E-state index in [-0.39, 0.29) is 17.4 Å². The van der Waals surface area contributed by atoms with Crippen LogP contribution in [0.5, 0.6) is 0 Å². The van der Waals surface area contributed by atoms with Gasteiger partial charge in [-0.25, -0.2) is 10.4 Å². The van der Waals surface area contributed by atoms with Gasteiger partial charge in [-0.15, -0.1) is 0 Å². The molecule has 0 saturated heterocycles. The van der Waals surface area contributed by atoms with E-state index >= 15 is 0 Å². The Balaban J connectivity index is 1.99. The van der Waals surface area contributed by atoms with Crippen molar-refractivity contribution < 1.29 is 4.79 Å². The molecule has 1 aromatic carbocycles. The van der Waals surface area contributed by atoms with Crippen molar-refractivity contribution in [3.63, 3.8) is 0 Å². The molecule has 7 nitrogen and oxygen atoms in total. The first-order valence-corrected chi connectivity index (χ1v) is 10.3. The number of aromatic amines is 1. The van der Waals surface area contributed by atoms with Crippen molar-refractivity contribution in [2.24, 2.45) is 11.0 Å². The minimum Gasteiger partial charge on any atom is -0.292 e. The highest BCUT2D eigenvalue weighted by Gasteiger charge is 2.19. The first-order chi connectivity index (χ1) is 13.4. The Morgan fingerprint density at radius 1 is 1.36 bits per heavy atom. The Kier molecular flexibility index (Phi) is 6.08. The van der Waals surface area contributed by atoms with E-state index in [2.05, 4.69) is 20.6 Å². The van der Waals surface area contributed by atoms with Crippen molar-refractivity contribution in [1.82, 2.24) is 20.2 Å². The average molecular weight is 400 g/mol. The van der Waals surface area contributed by atoms with Crippen molar-refractivity contribution in [1.29, 1.82) is 0 Å². The van der Waals surface area contributed by atoms with Gasteiger partial charge in [-0.1, -0.05) is 50.7 Å². The van der Waals surface area contributed by atoms with Crippen molar-refractivity contribution in [3.8, 4) is 5.13 Å². The van der Waals surface area contributed by atoms with Crippen molar-refractivity contribution >= 4 is 33.2 Å². The number of aryl methyl sites for hydroxylation is 1. The number of carbonyl (C=O) groups excluding carboxylic acids is 1. The Morgan fingerprint density at radius 2 is 2.11 bits per heavy atom. The normalized spacial score (nSPS) is 12.1. The molecule has 2 heterocycles. The van der Waals surface area contributed by atoms with Gasteiger partial charge in [0.2, 0.25) is 11.0 Å². The van der Waals surface area contributed by atoms with E-state index in [1.165, 1.54) is 16.0 Å². The van der Waals surface area contributed by atoms with E-state index in [1.807, 2.05) is 45.0 Å². The summed E-state index contributed by atoms with van der Waals surface area (Å²) in [6.07, 6.45) is 1.97. The van der Waals surface area contributed by atoms with Crippen LogP contribution in [0.3, 0.4) is 0 Å². The fourth-order valence-electron chi connectivity index (χ4n) is 3.00. The number of fused-ring (bicyclic) bond motifs is 1. The second-order valence-electron chi connectivity index (χ2n) is 7.15. The molecule has 2 aromatic heterocycles. The first-order valence-electron chi connectivity index (χ1n) is 9.44. The number of carbonyl (C=O) groups is 1. The number of aromatic nitrogens is 3. The molecule has 0 spiro atoms. The van der Waals surface area contributed by atoms with Crippen molar-refractivity contribution in [2.75, 3.05) is 0 Å². The summed E-state index contributed by atoms with van der Waals surface area (Å²) in [5, 5.41) is 7.94. The second kappa shape index (κ2) is 8.52. The second-order valence-corrected chi connectivity index (χ2v) is 8.16. The van der Waals surface area contributed by atoms with Gasteiger partial charge in [0.05, 0.1) is 21.5 Å². The molecule has 0 aliphatic heterocycles. The topological polar surface area (TPSA) is 92.1 Å². The van der Waals surface area contributed by atoms with Crippen LogP contribution >= 0.6 is 11.3 Å². The molecule has 0 saturated carbocycles. The molecule has 28 heavy (non-hydrogen) atoms. The number of nitrogens with zero attached hydrogens (tertiary/aromatic N) is 3. The van der Waals surface area contributed by atoms with Crippen LogP contribution in [-0.2, 0) is 11.2 Å². The maximum absolute atomic E-state index is 13.1. The highest BCUT2D eigenvalue weighted by Crippen LogP contribution is 2.24. The minimum atomic E-state index is -0.207. The average Bonchev–Trinajstić information content (AvgIpc) is 3.20. The summed E-state index contributed by atoms with van der Waals surface area (Å²) in [5.74, 6) is 0.0862. The molecule has 148 valence electrons. The predicted molar refractivity (Wildman–Crippen MR) is 113 cm³/mol. The summed E-state index contributed by atoms with van der Waals surface area (Å²) in [6.45, 7) is 7.73. The maximum Gasteiger partial charge on any atom is 0.282 e. The Morgan fingerprint density at radius 3 is 2.79 bits per heavy atom. The summed E-state index contributed by atoms with van der Waals surface area (Å²) < 4.78 is 2.49. The number of H-pyrrole nitrogens is 1. The molecule has 0 fully saturated rings. The number of nitrogens with one attached hydrogen (secondary N) is 2. The van der Waals surface area contributed by atoms with Gasteiger partial charge in [0.1, 0.15) is 0 Å². The zero-order valence-electron chi connectivity index (χ0n) is 16.6. The van der Waals surface area contributed by atoms with E-state index in [0.29, 0.717) is 29.2 Å². The van der Waals surface area contributed by atoms with Gasteiger partial charge in [0.15, 0.2) is 0 Å². The lowest BCUT2D eigenvalue weighted by molar-refractivity contribution is -0.121. The summed E-state index contributed by atoms with van der Waals surface area (Å²) in [5.41, 5.74) is 4.98. The Bertz CT molecular complexity index is 1040. The van der Waals surface area contributed by atoms with E-state index < -0.39 is 0 Å². The largest absolute Gasteiger partial charge is 0.292 e. The molecular formula is C20H25N5O2S. The number of benzene rings is 1. The molecule has 0 atom stereocenters. The van der Waals surface area contributed by atoms with Gasteiger partial charge in [-0.3, -0.25) is 14.7 Å². The summed E-state index contributed by atoms with van der Waals surface area (Å²) in [7, 11) is 0. The lowest BCUT2D eigenvalue weighted by atomic mass is 10.1. The van der Waals surface area contributed by atoms with Gasteiger partial charge >= 0.3 is 0 Å². The van der Waals surface area contributed by atoms with Gasteiger partial charge < -0.3 is 0 Å². The molecule has 3 aromatic rings. The van der Waals surface area contributed by atoms with E-state index in [0.717, 1.165) is 22.3 Å². The van der Waals surface area contributed by atoms with E-state index in [9.17, 15) is 9.59 Å². The fraction of sp³-hybridized carbons (Fsp3) is 0.400. The third-order valence-corrected chi connectivity index (χ3v) is 5.26. The van der Waals surface area contributed by atoms with Crippen LogP contribution in [0.15, 0.2) is 34.2 Å². The van der Waals surface area contributed by atoms with Crippen LogP contribution in [0.2, 0.25) is 0 Å². The summed E-state index contributed by atoms with van der Waals surface area (Å²) in [6, 6.07) is 7.78. The third-order valence-electron chi connectivity index (χ3n) is 4.24. The maximum atomic E-state index is 13.1. The van der Waals surface area contributed by atoms with Crippen LogP contribution < -0.4 is 11.0 Å². The van der Waals surface area contributed by atoms with Crippen LogP contribution in [0.4, 0.5) is 0 Å². The minimum absolute atomic E-state index is 0.159. The molecule has 2 N–H and O–H groups in total. The van der Waals surface area contributed by atoms with Gasteiger partial charge in [-0.2, -0.15) is 9.78 Å². The number of para-hydroxylation sites is 1. The lowest BCUT2D eigenvalue weighted by Gasteiger charge is -2.04. The zero-order chi connectivity index (χ0) is 20.3. The van der Waals surface area contributed by atoms with Crippen LogP contribution in [-0.4, -0.2) is 26.4 Å². The number of hydrogen-bond acceptors (Lipinski definition) is 5. The zero-order valence-corrected chi connectivity index (χ0v) is 17.4. The van der Waals surface area contributed by atoms with Crippen LogP contribution in [0.1, 0.15) is 51.8 Å². The highest BCUT2D eigenvalue weighted by atomic mass is 32.1. The quantitative estimate of drug-likeness (QED) is 0.469. The van der Waals surface area contributed by atoms with Gasteiger partial charge in [-0.05, 0) is 31.4 Å². The van der Waals surface area contributed by atoms with Crippen molar-refractivity contribution in [2.45, 2.75) is 47.0 Å². The number of hydrazone groups is 1. The monoisotopic (exact) mass is 399 g/mol. The fourth-order valence-corrected chi connectivity index (χ4v) is 3.92. The molecule has 0 radical (unpaired) electrons. The number of amides is 1. The van der Waals surface area contributed by atoms with E-state index in [4.69, 9.17) is 0 Å². The summed E-state index contributed by atoms with van der Waals surface area (Å²) >= 11 is 1.45. The first kappa shape index (κ1) is 20.0. The highest BCUT2D eigenvalue weighted by molar-refractivity contribution is 7.20. The van der Waals surface area contributed by atoms with Crippen molar-refractivity contribution in [3.05, 3.63) is 45.9 Å². The molecule has 0 bridgehead atoms. The predicted octanol–water partition coefficient (Wildman–Crippen LogP) is 3.61. The summed E-state index contributed by atoms with van der Waals surface area (Å²) in [4.78, 5) is 29.6. The Labute approximate surface area is 167 Å². The number of hydrogen-bond donors (Lipinski definition) is 2. The van der Waals surface area contributed by atoms with Gasteiger partial charge in [0, 0.05) is 12.1 Å². The number of rotatable bonds is 7. The molecule has 8 heteroatoms. The van der Waals surface area contributed by atoms with E-state index in [1.54, 1.807) is 6.92 Å². The molecule has 3 rings (SSSR count). The van der Waals surface area contributed by atoms with Crippen LogP contribution in [0.25, 0.3) is 15.3 Å².